The van der Waals surface area contributed by atoms with Crippen LogP contribution in [0.4, 0.5) is 0 Å². The third-order valence-corrected chi connectivity index (χ3v) is 8.25. The third kappa shape index (κ3) is 4.35. The minimum absolute atomic E-state index is 0.00466. The van der Waals surface area contributed by atoms with Crippen LogP contribution in [0.3, 0.4) is 0 Å². The van der Waals surface area contributed by atoms with Gasteiger partial charge in [0.1, 0.15) is 35.4 Å². The molecule has 8 heteroatoms. The standard InChI is InChI=1S/C32H18Cl2N4O2/c33-25-5-1-3-21-27(19(13-35)14-36)23(31(39)29(21)25)11-17-7-9-18(10-8-17)12-24-28(20(15-37)16-38)22-4-2-6-26(34)30(22)32(24)40/h1-6,11-12,17-18H,7-10H2/b23-11-,24-12-. The van der Waals surface area contributed by atoms with E-state index in [1.807, 2.05) is 36.4 Å². The molecule has 1 fully saturated rings. The van der Waals surface area contributed by atoms with E-state index < -0.39 is 0 Å². The van der Waals surface area contributed by atoms with Crippen molar-refractivity contribution in [3.63, 3.8) is 0 Å². The number of benzene rings is 2. The van der Waals surface area contributed by atoms with Crippen molar-refractivity contribution in [2.24, 2.45) is 11.8 Å². The van der Waals surface area contributed by atoms with Crippen molar-refractivity contribution in [1.82, 2.24) is 0 Å². The van der Waals surface area contributed by atoms with Crippen LogP contribution in [-0.2, 0) is 0 Å². The Kier molecular flexibility index (Phi) is 7.26. The topological polar surface area (TPSA) is 129 Å². The minimum atomic E-state index is -0.302. The second-order valence-corrected chi connectivity index (χ2v) is 10.6. The van der Waals surface area contributed by atoms with Gasteiger partial charge < -0.3 is 0 Å². The van der Waals surface area contributed by atoms with Gasteiger partial charge >= 0.3 is 0 Å². The molecule has 0 atom stereocenters. The number of carbonyl (C=O) groups is 2. The fourth-order valence-electron chi connectivity index (χ4n) is 5.79. The van der Waals surface area contributed by atoms with E-state index in [-0.39, 0.29) is 44.6 Å². The van der Waals surface area contributed by atoms with Crippen LogP contribution < -0.4 is 0 Å². The van der Waals surface area contributed by atoms with E-state index in [9.17, 15) is 30.6 Å². The zero-order chi connectivity index (χ0) is 28.6. The van der Waals surface area contributed by atoms with Crippen molar-refractivity contribution >= 4 is 45.9 Å². The Hall–Kier alpha value is -4.72. The fourth-order valence-corrected chi connectivity index (χ4v) is 6.31. The Morgan fingerprint density at radius 3 is 1.32 bits per heavy atom. The highest BCUT2D eigenvalue weighted by atomic mass is 35.5. The van der Waals surface area contributed by atoms with Gasteiger partial charge in [0, 0.05) is 33.4 Å². The SMILES string of the molecule is N#CC(C#N)=C1/C(=C/C2CCC(/C=C3\C(=O)c4c(Cl)cccc4C3=C(C#N)C#N)CC2)C(=O)c2c(Cl)cccc21. The van der Waals surface area contributed by atoms with Crippen LogP contribution in [0.5, 0.6) is 0 Å². The first-order valence-electron chi connectivity index (χ1n) is 12.5. The lowest BCUT2D eigenvalue weighted by Crippen LogP contribution is -2.14. The lowest BCUT2D eigenvalue weighted by molar-refractivity contribution is 0.103. The molecule has 1 saturated carbocycles. The molecule has 0 unspecified atom stereocenters. The molecule has 3 aliphatic rings. The summed E-state index contributed by atoms with van der Waals surface area (Å²) < 4.78 is 0. The summed E-state index contributed by atoms with van der Waals surface area (Å²) >= 11 is 12.6. The average Bonchev–Trinajstić information content (AvgIpc) is 3.39. The highest BCUT2D eigenvalue weighted by Crippen LogP contribution is 2.45. The molecule has 0 aromatic heterocycles. The summed E-state index contributed by atoms with van der Waals surface area (Å²) in [5, 5.41) is 38.8. The van der Waals surface area contributed by atoms with Crippen LogP contribution in [0.25, 0.3) is 11.1 Å². The van der Waals surface area contributed by atoms with Gasteiger partial charge in [-0.1, -0.05) is 59.6 Å². The highest BCUT2D eigenvalue weighted by Gasteiger charge is 2.37. The second kappa shape index (κ2) is 10.8. The molecular weight excluding hydrogens is 543 g/mol. The van der Waals surface area contributed by atoms with Crippen LogP contribution in [0.1, 0.15) is 57.5 Å². The van der Waals surface area contributed by atoms with Gasteiger partial charge in [0.2, 0.25) is 0 Å². The van der Waals surface area contributed by atoms with Gasteiger partial charge in [0.25, 0.3) is 0 Å². The number of fused-ring (bicyclic) bond motifs is 2. The first-order valence-corrected chi connectivity index (χ1v) is 13.3. The maximum atomic E-state index is 13.3. The Balaban J connectivity index is 1.45. The molecule has 0 N–H and O–H groups in total. The van der Waals surface area contributed by atoms with Gasteiger partial charge in [-0.05, 0) is 60.8 Å². The number of hydrogen-bond acceptors (Lipinski definition) is 6. The zero-order valence-corrected chi connectivity index (χ0v) is 22.5. The highest BCUT2D eigenvalue weighted by molar-refractivity contribution is 6.40. The summed E-state index contributed by atoms with van der Waals surface area (Å²) in [6.45, 7) is 0. The Bertz CT molecular complexity index is 1640. The predicted molar refractivity (Wildman–Crippen MR) is 149 cm³/mol. The maximum Gasteiger partial charge on any atom is 0.195 e. The molecular formula is C32H18Cl2N4O2. The van der Waals surface area contributed by atoms with Crippen LogP contribution >= 0.6 is 23.2 Å². The number of rotatable bonds is 2. The lowest BCUT2D eigenvalue weighted by Gasteiger charge is -2.25. The molecule has 0 spiro atoms. The van der Waals surface area contributed by atoms with E-state index in [0.717, 1.165) is 0 Å². The molecule has 6 nitrogen and oxygen atoms in total. The van der Waals surface area contributed by atoms with E-state index in [1.54, 1.807) is 36.4 Å². The van der Waals surface area contributed by atoms with Crippen molar-refractivity contribution in [2.45, 2.75) is 25.7 Å². The van der Waals surface area contributed by atoms with Crippen molar-refractivity contribution in [1.29, 1.82) is 21.0 Å². The Morgan fingerprint density at radius 2 is 1.00 bits per heavy atom. The maximum absolute atomic E-state index is 13.3. The number of Topliss-reactive ketones (excluding diaryl/α,β-unsaturated/α-hetero) is 2. The molecule has 0 radical (unpaired) electrons. The molecule has 0 aliphatic heterocycles. The number of hydrogen-bond donors (Lipinski definition) is 0. The van der Waals surface area contributed by atoms with Crippen molar-refractivity contribution in [2.75, 3.05) is 0 Å². The largest absolute Gasteiger partial charge is 0.289 e. The first kappa shape index (κ1) is 26.9. The average molecular weight is 561 g/mol. The van der Waals surface area contributed by atoms with Gasteiger partial charge in [0.15, 0.2) is 11.6 Å². The number of ketones is 2. The molecule has 40 heavy (non-hydrogen) atoms. The van der Waals surface area contributed by atoms with E-state index >= 15 is 0 Å². The zero-order valence-electron chi connectivity index (χ0n) is 21.0. The molecule has 2 aromatic rings. The van der Waals surface area contributed by atoms with E-state index in [2.05, 4.69) is 0 Å². The van der Waals surface area contributed by atoms with Crippen molar-refractivity contribution < 1.29 is 9.59 Å². The quantitative estimate of drug-likeness (QED) is 0.278. The smallest absolute Gasteiger partial charge is 0.195 e. The molecule has 5 rings (SSSR count). The lowest BCUT2D eigenvalue weighted by atomic mass is 9.79. The number of allylic oxidation sites excluding steroid dienone is 8. The van der Waals surface area contributed by atoms with Gasteiger partial charge in [-0.15, -0.1) is 0 Å². The first-order chi connectivity index (χ1) is 19.3. The molecule has 0 heterocycles. The van der Waals surface area contributed by atoms with E-state index in [4.69, 9.17) is 23.2 Å². The summed E-state index contributed by atoms with van der Waals surface area (Å²) in [5.74, 6) is -0.594. The van der Waals surface area contributed by atoms with Crippen LogP contribution in [0.2, 0.25) is 10.0 Å². The summed E-state index contributed by atoms with van der Waals surface area (Å²) in [5.41, 5.74) is 2.58. The third-order valence-electron chi connectivity index (χ3n) is 7.62. The Labute approximate surface area is 241 Å². The summed E-state index contributed by atoms with van der Waals surface area (Å²) in [6, 6.07) is 17.6. The number of halogens is 2. The number of nitrogens with zero attached hydrogens (tertiary/aromatic N) is 4. The number of carbonyl (C=O) groups excluding carboxylic acids is 2. The van der Waals surface area contributed by atoms with Crippen LogP contribution in [0.15, 0.2) is 70.8 Å². The van der Waals surface area contributed by atoms with Gasteiger partial charge in [-0.25, -0.2) is 0 Å². The molecule has 0 bridgehead atoms. The van der Waals surface area contributed by atoms with Crippen LogP contribution in [-0.4, -0.2) is 11.6 Å². The monoisotopic (exact) mass is 560 g/mol. The summed E-state index contributed by atoms with van der Waals surface area (Å²) in [7, 11) is 0. The van der Waals surface area contributed by atoms with E-state index in [0.29, 0.717) is 70.2 Å². The molecule has 0 amide bonds. The van der Waals surface area contributed by atoms with Gasteiger partial charge in [0.05, 0.1) is 10.0 Å². The van der Waals surface area contributed by atoms with Crippen molar-refractivity contribution in [3.05, 3.63) is 103 Å². The van der Waals surface area contributed by atoms with Gasteiger partial charge in [-0.2, -0.15) is 21.0 Å². The molecule has 2 aromatic carbocycles. The van der Waals surface area contributed by atoms with Gasteiger partial charge in [-0.3, -0.25) is 9.59 Å². The predicted octanol–water partition coefficient (Wildman–Crippen LogP) is 7.35. The van der Waals surface area contributed by atoms with E-state index in [1.165, 1.54) is 0 Å². The van der Waals surface area contributed by atoms with Crippen LogP contribution in [0, 0.1) is 57.2 Å². The summed E-state index contributed by atoms with van der Waals surface area (Å²) in [6.07, 6.45) is 6.47. The Morgan fingerprint density at radius 1 is 0.650 bits per heavy atom. The fraction of sp³-hybridized carbons (Fsp3) is 0.188. The molecule has 192 valence electrons. The minimum Gasteiger partial charge on any atom is -0.289 e. The molecule has 3 aliphatic carbocycles. The number of nitriles is 4. The summed E-state index contributed by atoms with van der Waals surface area (Å²) in [4.78, 5) is 26.7. The van der Waals surface area contributed by atoms with Crippen molar-refractivity contribution in [3.8, 4) is 24.3 Å². The second-order valence-electron chi connectivity index (χ2n) is 9.77. The molecule has 0 saturated heterocycles. The normalized spacial score (nSPS) is 21.4.